The fraction of sp³-hybridized carbons (Fsp3) is 0.562. The highest BCUT2D eigenvalue weighted by Crippen LogP contribution is 2.40. The van der Waals surface area contributed by atoms with Crippen molar-refractivity contribution < 1.29 is 9.84 Å². The predicted octanol–water partition coefficient (Wildman–Crippen LogP) is 1.16. The van der Waals surface area contributed by atoms with Gasteiger partial charge in [0.15, 0.2) is 5.82 Å². The minimum Gasteiger partial charge on any atom is -0.393 e. The lowest BCUT2D eigenvalue weighted by Gasteiger charge is -2.31. The zero-order chi connectivity index (χ0) is 16.1. The third-order valence-electron chi connectivity index (χ3n) is 5.15. The van der Waals surface area contributed by atoms with Crippen LogP contribution in [0.4, 0.5) is 17.6 Å². The molecule has 3 fully saturated rings. The Hall–Kier alpha value is -2.19. The summed E-state index contributed by atoms with van der Waals surface area (Å²) in [6.45, 7) is 1.28. The molecule has 3 N–H and O–H groups in total. The molecule has 2 bridgehead atoms. The molecule has 3 aliphatic rings. The molecule has 1 saturated carbocycles. The fourth-order valence-electron chi connectivity index (χ4n) is 3.66. The molecule has 4 heterocycles. The lowest BCUT2D eigenvalue weighted by molar-refractivity contribution is -0.0376. The van der Waals surface area contributed by atoms with Crippen LogP contribution in [0.1, 0.15) is 30.9 Å². The van der Waals surface area contributed by atoms with Crippen LogP contribution < -0.4 is 10.2 Å². The summed E-state index contributed by atoms with van der Waals surface area (Å²) in [6, 6.07) is 4.12. The average Bonchev–Trinajstić information content (AvgIpc) is 3.07. The van der Waals surface area contributed by atoms with Gasteiger partial charge in [-0.15, -0.1) is 0 Å². The number of morpholine rings is 1. The van der Waals surface area contributed by atoms with Crippen molar-refractivity contribution in [2.45, 2.75) is 36.8 Å². The summed E-state index contributed by atoms with van der Waals surface area (Å²) in [6.07, 6.45) is 5.06. The van der Waals surface area contributed by atoms with E-state index in [0.29, 0.717) is 25.0 Å². The number of aromatic nitrogens is 4. The van der Waals surface area contributed by atoms with Crippen molar-refractivity contribution in [2.24, 2.45) is 0 Å². The average molecular weight is 328 g/mol. The second-order valence-corrected chi connectivity index (χ2v) is 6.99. The number of aromatic amines is 1. The summed E-state index contributed by atoms with van der Waals surface area (Å²) in [5.41, 5.74) is 0.740. The first kappa shape index (κ1) is 14.2. The molecule has 2 aliphatic heterocycles. The van der Waals surface area contributed by atoms with Gasteiger partial charge in [0.2, 0.25) is 5.95 Å². The van der Waals surface area contributed by atoms with E-state index in [9.17, 15) is 5.11 Å². The molecule has 1 aliphatic carbocycles. The maximum Gasteiger partial charge on any atom is 0.227 e. The Morgan fingerprint density at radius 3 is 3.12 bits per heavy atom. The molecular weight excluding hydrogens is 308 g/mol. The van der Waals surface area contributed by atoms with Gasteiger partial charge in [-0.2, -0.15) is 10.1 Å². The van der Waals surface area contributed by atoms with Gasteiger partial charge in [-0.05, 0) is 18.9 Å². The summed E-state index contributed by atoms with van der Waals surface area (Å²) >= 11 is 0. The van der Waals surface area contributed by atoms with Crippen LogP contribution in [0.2, 0.25) is 0 Å². The molecule has 0 radical (unpaired) electrons. The molecule has 0 spiro atoms. The number of hydrogen-bond acceptors (Lipinski definition) is 7. The molecule has 8 nitrogen and oxygen atoms in total. The minimum absolute atomic E-state index is 0.0369. The number of nitrogens with one attached hydrogen (secondary N) is 2. The van der Waals surface area contributed by atoms with E-state index < -0.39 is 5.60 Å². The standard InChI is InChI=1S/C16H20N6O2/c23-9-16-6-11(7-24-16)22(8-16)15-17-4-3-13(19-15)18-14-5-12(20-21-14)10-1-2-10/h3-5,10-11,23H,1-2,6-9H2,(H2,17,18,19,20,21). The molecule has 0 amide bonds. The van der Waals surface area contributed by atoms with Crippen LogP contribution in [0.25, 0.3) is 0 Å². The summed E-state index contributed by atoms with van der Waals surface area (Å²) < 4.78 is 5.72. The van der Waals surface area contributed by atoms with E-state index in [2.05, 4.69) is 30.4 Å². The van der Waals surface area contributed by atoms with Gasteiger partial charge in [0.25, 0.3) is 0 Å². The van der Waals surface area contributed by atoms with E-state index in [4.69, 9.17) is 4.74 Å². The van der Waals surface area contributed by atoms with E-state index in [0.717, 1.165) is 18.1 Å². The zero-order valence-corrected chi connectivity index (χ0v) is 13.3. The van der Waals surface area contributed by atoms with Crippen LogP contribution >= 0.6 is 0 Å². The number of rotatable bonds is 5. The lowest BCUT2D eigenvalue weighted by atomic mass is 10.1. The second-order valence-electron chi connectivity index (χ2n) is 6.99. The first-order valence-electron chi connectivity index (χ1n) is 8.41. The minimum atomic E-state index is -0.446. The van der Waals surface area contributed by atoms with Gasteiger partial charge in [0.05, 0.1) is 25.8 Å². The Bertz CT molecular complexity index is 761. The summed E-state index contributed by atoms with van der Waals surface area (Å²) in [7, 11) is 0. The van der Waals surface area contributed by atoms with Crippen LogP contribution in [-0.2, 0) is 4.74 Å². The molecule has 2 aromatic heterocycles. The Morgan fingerprint density at radius 1 is 1.42 bits per heavy atom. The third-order valence-corrected chi connectivity index (χ3v) is 5.15. The van der Waals surface area contributed by atoms with E-state index in [-0.39, 0.29) is 12.6 Å². The van der Waals surface area contributed by atoms with Crippen molar-refractivity contribution in [3.63, 3.8) is 0 Å². The summed E-state index contributed by atoms with van der Waals surface area (Å²) in [4.78, 5) is 11.1. The largest absolute Gasteiger partial charge is 0.393 e. The topological polar surface area (TPSA) is 99.2 Å². The molecular formula is C16H20N6O2. The Kier molecular flexibility index (Phi) is 3.04. The van der Waals surface area contributed by atoms with Gasteiger partial charge >= 0.3 is 0 Å². The van der Waals surface area contributed by atoms with Gasteiger partial charge in [-0.1, -0.05) is 0 Å². The number of aliphatic hydroxyl groups is 1. The summed E-state index contributed by atoms with van der Waals surface area (Å²) in [5.74, 6) is 2.81. The van der Waals surface area contributed by atoms with Crippen LogP contribution in [0.15, 0.2) is 18.3 Å². The van der Waals surface area contributed by atoms with Crippen LogP contribution in [0.3, 0.4) is 0 Å². The van der Waals surface area contributed by atoms with Crippen LogP contribution in [0.5, 0.6) is 0 Å². The van der Waals surface area contributed by atoms with E-state index in [1.165, 1.54) is 18.5 Å². The maximum atomic E-state index is 9.59. The number of ether oxygens (including phenoxy) is 1. The smallest absolute Gasteiger partial charge is 0.227 e. The Balaban J connectivity index is 1.34. The molecule has 0 aromatic carbocycles. The Labute approximate surface area is 139 Å². The van der Waals surface area contributed by atoms with E-state index >= 15 is 0 Å². The van der Waals surface area contributed by atoms with Crippen molar-refractivity contribution in [1.29, 1.82) is 0 Å². The number of hydrogen-bond donors (Lipinski definition) is 3. The normalized spacial score (nSPS) is 28.5. The molecule has 24 heavy (non-hydrogen) atoms. The molecule has 2 atom stereocenters. The highest BCUT2D eigenvalue weighted by molar-refractivity contribution is 5.54. The van der Waals surface area contributed by atoms with E-state index in [1.807, 2.05) is 12.1 Å². The van der Waals surface area contributed by atoms with Crippen molar-refractivity contribution >= 4 is 17.6 Å². The summed E-state index contributed by atoms with van der Waals surface area (Å²) in [5, 5.41) is 20.2. The van der Waals surface area contributed by atoms with Gasteiger partial charge in [0, 0.05) is 30.3 Å². The maximum absolute atomic E-state index is 9.59. The van der Waals surface area contributed by atoms with Crippen molar-refractivity contribution in [1.82, 2.24) is 20.2 Å². The first-order valence-corrected chi connectivity index (χ1v) is 8.41. The number of H-pyrrole nitrogens is 1. The van der Waals surface area contributed by atoms with Crippen LogP contribution in [0, 0.1) is 0 Å². The highest BCUT2D eigenvalue weighted by Gasteiger charge is 2.51. The molecule has 5 rings (SSSR count). The fourth-order valence-corrected chi connectivity index (χ4v) is 3.66. The van der Waals surface area contributed by atoms with Gasteiger partial charge in [0.1, 0.15) is 11.4 Å². The molecule has 8 heteroatoms. The molecule has 2 saturated heterocycles. The van der Waals surface area contributed by atoms with Gasteiger partial charge in [-0.3, -0.25) is 5.10 Å². The number of nitrogens with zero attached hydrogens (tertiary/aromatic N) is 4. The molecule has 2 unspecified atom stereocenters. The monoisotopic (exact) mass is 328 g/mol. The second kappa shape index (κ2) is 5.15. The van der Waals surface area contributed by atoms with E-state index in [1.54, 1.807) is 6.20 Å². The van der Waals surface area contributed by atoms with Crippen molar-refractivity contribution in [3.05, 3.63) is 24.0 Å². The predicted molar refractivity (Wildman–Crippen MR) is 87.4 cm³/mol. The molecule has 2 aromatic rings. The number of anilines is 3. The van der Waals surface area contributed by atoms with Crippen LogP contribution in [-0.4, -0.2) is 56.7 Å². The van der Waals surface area contributed by atoms with Crippen molar-refractivity contribution in [2.75, 3.05) is 30.0 Å². The number of fused-ring (bicyclic) bond motifs is 2. The quantitative estimate of drug-likeness (QED) is 0.757. The first-order chi connectivity index (χ1) is 11.7. The van der Waals surface area contributed by atoms with Gasteiger partial charge in [-0.25, -0.2) is 4.98 Å². The van der Waals surface area contributed by atoms with Gasteiger partial charge < -0.3 is 20.1 Å². The molecule has 126 valence electrons. The SMILES string of the molecule is OCC12CC(CO1)N(c1nccc(Nc3cc(C4CC4)[nH]n3)n1)C2. The highest BCUT2D eigenvalue weighted by atomic mass is 16.5. The zero-order valence-electron chi connectivity index (χ0n) is 13.3. The number of aliphatic hydroxyl groups excluding tert-OH is 1. The van der Waals surface area contributed by atoms with Crippen molar-refractivity contribution in [3.8, 4) is 0 Å². The third kappa shape index (κ3) is 2.33. The lowest BCUT2D eigenvalue weighted by Crippen LogP contribution is -2.45. The Morgan fingerprint density at radius 2 is 2.33 bits per heavy atom.